The predicted octanol–water partition coefficient (Wildman–Crippen LogP) is 3.25. The minimum Gasteiger partial charge on any atom is -0.390 e. The van der Waals surface area contributed by atoms with Crippen molar-refractivity contribution in [3.05, 3.63) is 15.9 Å². The highest BCUT2D eigenvalue weighted by atomic mass is 32.1. The van der Waals surface area contributed by atoms with E-state index in [2.05, 4.69) is 36.5 Å². The monoisotopic (exact) mass is 392 g/mol. The molecule has 0 saturated heterocycles. The molecule has 1 aromatic heterocycles. The number of aromatic nitrogens is 1. The van der Waals surface area contributed by atoms with E-state index in [1.54, 1.807) is 18.4 Å². The molecule has 1 N–H and O–H groups in total. The third kappa shape index (κ3) is 3.56. The van der Waals surface area contributed by atoms with E-state index in [9.17, 15) is 9.90 Å². The standard InChI is InChI=1S/C21H32N2O3S/c1-19(2,3)16-12-23(5-6-26-4)18(27-16)22-17(24)20-8-14-7-15(9-20)11-21(25,10-14)13-20/h12,14-15,25H,5-11,13H2,1-4H3/b22-18-. The summed E-state index contributed by atoms with van der Waals surface area (Å²) < 4.78 is 7.30. The Morgan fingerprint density at radius 3 is 2.56 bits per heavy atom. The van der Waals surface area contributed by atoms with Crippen molar-refractivity contribution in [1.29, 1.82) is 0 Å². The maximum atomic E-state index is 13.4. The maximum absolute atomic E-state index is 13.4. The molecule has 4 aliphatic carbocycles. The minimum absolute atomic E-state index is 0.0106. The van der Waals surface area contributed by atoms with Crippen molar-refractivity contribution < 1.29 is 14.6 Å². The van der Waals surface area contributed by atoms with Crippen LogP contribution < -0.4 is 4.80 Å². The molecular formula is C21H32N2O3S. The fourth-order valence-corrected chi connectivity index (χ4v) is 6.91. The average molecular weight is 393 g/mol. The average Bonchev–Trinajstić information content (AvgIpc) is 2.93. The smallest absolute Gasteiger partial charge is 0.254 e. The number of thiazole rings is 1. The molecule has 4 bridgehead atoms. The van der Waals surface area contributed by atoms with Crippen LogP contribution >= 0.6 is 11.3 Å². The summed E-state index contributed by atoms with van der Waals surface area (Å²) in [5, 5.41) is 11.0. The minimum atomic E-state index is -0.632. The van der Waals surface area contributed by atoms with Gasteiger partial charge in [0.15, 0.2) is 4.80 Å². The molecule has 1 aromatic rings. The highest BCUT2D eigenvalue weighted by Crippen LogP contribution is 2.61. The number of hydrogen-bond acceptors (Lipinski definition) is 4. The summed E-state index contributed by atoms with van der Waals surface area (Å²) in [6, 6.07) is 0. The largest absolute Gasteiger partial charge is 0.390 e. The molecule has 2 atom stereocenters. The molecule has 5 rings (SSSR count). The van der Waals surface area contributed by atoms with E-state index in [-0.39, 0.29) is 11.3 Å². The summed E-state index contributed by atoms with van der Waals surface area (Å²) in [6.07, 6.45) is 7.46. The van der Waals surface area contributed by atoms with Crippen molar-refractivity contribution in [3.63, 3.8) is 0 Å². The Hall–Kier alpha value is -0.980. The Kier molecular flexibility index (Phi) is 4.68. The molecular weight excluding hydrogens is 360 g/mol. The zero-order valence-electron chi connectivity index (χ0n) is 17.0. The lowest BCUT2D eigenvalue weighted by Crippen LogP contribution is -2.58. The van der Waals surface area contributed by atoms with Crippen molar-refractivity contribution in [1.82, 2.24) is 4.57 Å². The summed E-state index contributed by atoms with van der Waals surface area (Å²) in [4.78, 5) is 20.0. The molecule has 0 aromatic carbocycles. The van der Waals surface area contributed by atoms with Gasteiger partial charge < -0.3 is 14.4 Å². The van der Waals surface area contributed by atoms with Crippen LogP contribution in [-0.4, -0.2) is 34.9 Å². The number of rotatable bonds is 4. The molecule has 4 fully saturated rings. The number of carbonyl (C=O) groups excluding carboxylic acids is 1. The predicted molar refractivity (Wildman–Crippen MR) is 106 cm³/mol. The summed E-state index contributed by atoms with van der Waals surface area (Å²) in [5.41, 5.74) is -1.05. The summed E-state index contributed by atoms with van der Waals surface area (Å²) in [5.74, 6) is 0.970. The van der Waals surface area contributed by atoms with E-state index in [0.717, 1.165) is 30.5 Å². The van der Waals surface area contributed by atoms with Gasteiger partial charge in [-0.1, -0.05) is 20.8 Å². The van der Waals surface area contributed by atoms with Crippen LogP contribution in [0, 0.1) is 17.3 Å². The Labute approximate surface area is 165 Å². The molecule has 2 unspecified atom stereocenters. The van der Waals surface area contributed by atoms with Gasteiger partial charge in [-0.05, 0) is 55.8 Å². The lowest BCUT2D eigenvalue weighted by Gasteiger charge is -2.58. The zero-order chi connectivity index (χ0) is 19.4. The van der Waals surface area contributed by atoms with Gasteiger partial charge in [0.25, 0.3) is 5.91 Å². The van der Waals surface area contributed by atoms with Crippen LogP contribution in [-0.2, 0) is 21.5 Å². The summed E-state index contributed by atoms with van der Waals surface area (Å²) in [6.45, 7) is 7.83. The third-order valence-electron chi connectivity index (χ3n) is 6.68. The normalized spacial score (nSPS) is 35.8. The highest BCUT2D eigenvalue weighted by molar-refractivity contribution is 7.09. The molecule has 5 nitrogen and oxygen atoms in total. The van der Waals surface area contributed by atoms with Gasteiger partial charge in [-0.2, -0.15) is 4.99 Å². The van der Waals surface area contributed by atoms with Crippen LogP contribution in [0.25, 0.3) is 0 Å². The van der Waals surface area contributed by atoms with Gasteiger partial charge >= 0.3 is 0 Å². The second-order valence-electron chi connectivity index (χ2n) is 10.2. The molecule has 1 amide bonds. The molecule has 150 valence electrons. The molecule has 0 aliphatic heterocycles. The van der Waals surface area contributed by atoms with Crippen molar-refractivity contribution in [2.45, 2.75) is 76.9 Å². The van der Waals surface area contributed by atoms with Crippen molar-refractivity contribution in [2.75, 3.05) is 13.7 Å². The number of ether oxygens (including phenoxy) is 1. The molecule has 0 spiro atoms. The Bertz CT molecular complexity index is 787. The van der Waals surface area contributed by atoms with Gasteiger partial charge in [0.1, 0.15) is 0 Å². The van der Waals surface area contributed by atoms with Crippen LogP contribution in [0.2, 0.25) is 0 Å². The number of amides is 1. The van der Waals surface area contributed by atoms with Crippen molar-refractivity contribution in [2.24, 2.45) is 22.2 Å². The molecule has 4 aliphatic rings. The second kappa shape index (κ2) is 6.53. The molecule has 1 heterocycles. The quantitative estimate of drug-likeness (QED) is 0.855. The number of hydrogen-bond donors (Lipinski definition) is 1. The lowest BCUT2D eigenvalue weighted by atomic mass is 9.47. The lowest BCUT2D eigenvalue weighted by molar-refractivity contribution is -0.175. The van der Waals surface area contributed by atoms with E-state index < -0.39 is 11.0 Å². The topological polar surface area (TPSA) is 63.8 Å². The summed E-state index contributed by atoms with van der Waals surface area (Å²) in [7, 11) is 1.69. The van der Waals surface area contributed by atoms with Gasteiger partial charge in [0.05, 0.1) is 17.6 Å². The molecule has 27 heavy (non-hydrogen) atoms. The number of methoxy groups -OCH3 is 1. The number of carbonyl (C=O) groups is 1. The van der Waals surface area contributed by atoms with E-state index >= 15 is 0 Å². The second-order valence-corrected chi connectivity index (χ2v) is 11.2. The van der Waals surface area contributed by atoms with Crippen molar-refractivity contribution in [3.8, 4) is 0 Å². The zero-order valence-corrected chi connectivity index (χ0v) is 17.8. The van der Waals surface area contributed by atoms with Crippen LogP contribution in [0.3, 0.4) is 0 Å². The number of nitrogens with zero attached hydrogens (tertiary/aromatic N) is 2. The molecule has 0 radical (unpaired) electrons. The Morgan fingerprint density at radius 2 is 2.00 bits per heavy atom. The van der Waals surface area contributed by atoms with Crippen molar-refractivity contribution >= 4 is 17.2 Å². The van der Waals surface area contributed by atoms with Gasteiger partial charge in [-0.25, -0.2) is 0 Å². The van der Waals surface area contributed by atoms with Crippen LogP contribution in [0.4, 0.5) is 0 Å². The first kappa shape index (κ1) is 19.3. The summed E-state index contributed by atoms with van der Waals surface area (Å²) >= 11 is 1.61. The van der Waals surface area contributed by atoms with Gasteiger partial charge in [-0.3, -0.25) is 4.79 Å². The Morgan fingerprint density at radius 1 is 1.33 bits per heavy atom. The first-order valence-corrected chi connectivity index (χ1v) is 11.0. The highest BCUT2D eigenvalue weighted by Gasteiger charge is 2.60. The first-order chi connectivity index (χ1) is 12.6. The fourth-order valence-electron chi connectivity index (χ4n) is 5.83. The molecule has 4 saturated carbocycles. The maximum Gasteiger partial charge on any atom is 0.254 e. The van der Waals surface area contributed by atoms with Gasteiger partial charge in [-0.15, -0.1) is 11.3 Å². The van der Waals surface area contributed by atoms with E-state index in [0.29, 0.717) is 31.4 Å². The Balaban J connectivity index is 1.69. The third-order valence-corrected chi connectivity index (χ3v) is 8.12. The van der Waals surface area contributed by atoms with Crippen LogP contribution in [0.5, 0.6) is 0 Å². The van der Waals surface area contributed by atoms with E-state index in [4.69, 9.17) is 4.74 Å². The fraction of sp³-hybridized carbons (Fsp3) is 0.810. The van der Waals surface area contributed by atoms with Gasteiger partial charge in [0.2, 0.25) is 0 Å². The van der Waals surface area contributed by atoms with Crippen LogP contribution in [0.15, 0.2) is 11.2 Å². The van der Waals surface area contributed by atoms with E-state index in [1.165, 1.54) is 11.3 Å². The SMILES string of the molecule is COCCn1cc(C(C)(C)C)s/c1=N\C(=O)C12CC3CC(CC(O)(C3)C1)C2. The first-order valence-electron chi connectivity index (χ1n) is 10.1. The number of aliphatic hydroxyl groups is 1. The van der Waals surface area contributed by atoms with E-state index in [1.807, 2.05) is 0 Å². The van der Waals surface area contributed by atoms with Crippen LogP contribution in [0.1, 0.15) is 64.2 Å². The van der Waals surface area contributed by atoms with Gasteiger partial charge in [0, 0.05) is 24.7 Å². The molecule has 6 heteroatoms.